The van der Waals surface area contributed by atoms with Crippen LogP contribution in [-0.2, 0) is 19.3 Å². The highest BCUT2D eigenvalue weighted by Gasteiger charge is 2.20. The minimum atomic E-state index is 0.838. The lowest BCUT2D eigenvalue weighted by Crippen LogP contribution is -2.16. The van der Waals surface area contributed by atoms with E-state index in [9.17, 15) is 0 Å². The molecule has 1 aliphatic carbocycles. The minimum Gasteiger partial charge on any atom is -0.236 e. The molecule has 0 aliphatic heterocycles. The summed E-state index contributed by atoms with van der Waals surface area (Å²) < 4.78 is 0. The van der Waals surface area contributed by atoms with Gasteiger partial charge in [0.1, 0.15) is 0 Å². The Morgan fingerprint density at radius 3 is 2.48 bits per heavy atom. The number of benzene rings is 1. The lowest BCUT2D eigenvalue weighted by atomic mass is 9.84. The second kappa shape index (κ2) is 10.6. The van der Waals surface area contributed by atoms with E-state index in [-0.39, 0.29) is 0 Å². The summed E-state index contributed by atoms with van der Waals surface area (Å²) in [6.45, 7) is 4.55. The third-order valence-corrected chi connectivity index (χ3v) is 6.00. The second-order valence-corrected chi connectivity index (χ2v) is 8.28. The molecule has 0 radical (unpaired) electrons. The van der Waals surface area contributed by atoms with Crippen molar-refractivity contribution in [2.24, 2.45) is 5.92 Å². The van der Waals surface area contributed by atoms with Gasteiger partial charge in [0.25, 0.3) is 0 Å². The predicted octanol–water partition coefficient (Wildman–Crippen LogP) is 6.95. The molecule has 0 saturated heterocycles. The standard InChI is InChI=1S/C25H36N2/c1-3-5-7-9-10-20-12-15-22(16-13-20)25-26-19-23-18-21(11-8-6-4-2)14-17-24(23)27-25/h12-13,15-16,19,21H,3-11,14,17-18H2,1-2H3. The highest BCUT2D eigenvalue weighted by atomic mass is 14.9. The first-order valence-corrected chi connectivity index (χ1v) is 11.2. The number of nitrogens with zero attached hydrogens (tertiary/aromatic N) is 2. The van der Waals surface area contributed by atoms with Crippen LogP contribution in [0.25, 0.3) is 11.4 Å². The molecule has 2 nitrogen and oxygen atoms in total. The monoisotopic (exact) mass is 364 g/mol. The zero-order valence-corrected chi connectivity index (χ0v) is 17.3. The minimum absolute atomic E-state index is 0.838. The lowest BCUT2D eigenvalue weighted by Gasteiger charge is -2.23. The summed E-state index contributed by atoms with van der Waals surface area (Å²) in [6, 6.07) is 8.92. The number of fused-ring (bicyclic) bond motifs is 1. The van der Waals surface area contributed by atoms with E-state index in [1.54, 1.807) is 0 Å². The molecular weight excluding hydrogens is 328 g/mol. The van der Waals surface area contributed by atoms with Crippen molar-refractivity contribution in [2.45, 2.75) is 90.9 Å². The molecule has 1 atom stereocenters. The molecule has 1 heterocycles. The van der Waals surface area contributed by atoms with Crippen LogP contribution in [0, 0.1) is 5.92 Å². The molecule has 1 aromatic carbocycles. The molecule has 2 aromatic rings. The van der Waals surface area contributed by atoms with Gasteiger partial charge in [0.2, 0.25) is 0 Å². The van der Waals surface area contributed by atoms with Crippen molar-refractivity contribution < 1.29 is 0 Å². The summed E-state index contributed by atoms with van der Waals surface area (Å²) in [4.78, 5) is 9.62. The maximum atomic E-state index is 4.92. The SMILES string of the molecule is CCCCCCc1ccc(-c2ncc3c(n2)CCC(CCCCC)C3)cc1. The van der Waals surface area contributed by atoms with Crippen LogP contribution in [0.5, 0.6) is 0 Å². The van der Waals surface area contributed by atoms with Crippen LogP contribution >= 0.6 is 0 Å². The molecule has 1 aliphatic rings. The highest BCUT2D eigenvalue weighted by Crippen LogP contribution is 2.29. The molecule has 146 valence electrons. The van der Waals surface area contributed by atoms with Crippen LogP contribution in [0.2, 0.25) is 0 Å². The number of hydrogen-bond acceptors (Lipinski definition) is 2. The average Bonchev–Trinajstić information content (AvgIpc) is 2.71. The molecule has 0 saturated carbocycles. The molecule has 0 amide bonds. The van der Waals surface area contributed by atoms with Crippen molar-refractivity contribution in [1.29, 1.82) is 0 Å². The van der Waals surface area contributed by atoms with E-state index in [4.69, 9.17) is 9.97 Å². The van der Waals surface area contributed by atoms with Crippen molar-refractivity contribution in [3.05, 3.63) is 47.3 Å². The quantitative estimate of drug-likeness (QED) is 0.426. The van der Waals surface area contributed by atoms with Gasteiger partial charge in [0.05, 0.1) is 0 Å². The summed E-state index contributed by atoms with van der Waals surface area (Å²) in [7, 11) is 0. The maximum Gasteiger partial charge on any atom is 0.159 e. The van der Waals surface area contributed by atoms with Crippen molar-refractivity contribution in [2.75, 3.05) is 0 Å². The number of aromatic nitrogens is 2. The molecule has 0 bridgehead atoms. The van der Waals surface area contributed by atoms with E-state index in [1.807, 2.05) is 0 Å². The Kier molecular flexibility index (Phi) is 7.86. The van der Waals surface area contributed by atoms with E-state index in [2.05, 4.69) is 44.3 Å². The van der Waals surface area contributed by atoms with E-state index >= 15 is 0 Å². The Labute approximate surface area is 165 Å². The molecule has 0 spiro atoms. The van der Waals surface area contributed by atoms with Gasteiger partial charge in [-0.15, -0.1) is 0 Å². The van der Waals surface area contributed by atoms with Gasteiger partial charge in [-0.05, 0) is 49.1 Å². The van der Waals surface area contributed by atoms with Gasteiger partial charge in [-0.2, -0.15) is 0 Å². The van der Waals surface area contributed by atoms with E-state index < -0.39 is 0 Å². The molecular formula is C25H36N2. The smallest absolute Gasteiger partial charge is 0.159 e. The largest absolute Gasteiger partial charge is 0.236 e. The molecule has 0 fully saturated rings. The zero-order chi connectivity index (χ0) is 18.9. The lowest BCUT2D eigenvalue weighted by molar-refractivity contribution is 0.404. The molecule has 2 heteroatoms. The van der Waals surface area contributed by atoms with Crippen molar-refractivity contribution >= 4 is 0 Å². The first-order chi connectivity index (χ1) is 13.3. The zero-order valence-electron chi connectivity index (χ0n) is 17.3. The van der Waals surface area contributed by atoms with Gasteiger partial charge in [0.15, 0.2) is 5.82 Å². The summed E-state index contributed by atoms with van der Waals surface area (Å²) >= 11 is 0. The third-order valence-electron chi connectivity index (χ3n) is 6.00. The van der Waals surface area contributed by atoms with Gasteiger partial charge in [-0.25, -0.2) is 9.97 Å². The maximum absolute atomic E-state index is 4.92. The molecule has 27 heavy (non-hydrogen) atoms. The van der Waals surface area contributed by atoms with Crippen LogP contribution in [0.15, 0.2) is 30.5 Å². The summed E-state index contributed by atoms with van der Waals surface area (Å²) in [5.41, 5.74) is 5.26. The van der Waals surface area contributed by atoms with Gasteiger partial charge in [-0.1, -0.05) is 83.1 Å². The fourth-order valence-corrected chi connectivity index (χ4v) is 4.23. The Morgan fingerprint density at radius 2 is 1.70 bits per heavy atom. The van der Waals surface area contributed by atoms with Gasteiger partial charge >= 0.3 is 0 Å². The van der Waals surface area contributed by atoms with E-state index in [0.717, 1.165) is 23.7 Å². The fraction of sp³-hybridized carbons (Fsp3) is 0.600. The van der Waals surface area contributed by atoms with E-state index in [0.29, 0.717) is 0 Å². The summed E-state index contributed by atoms with van der Waals surface area (Å²) in [6.07, 6.45) is 17.6. The van der Waals surface area contributed by atoms with Crippen molar-refractivity contribution in [1.82, 2.24) is 9.97 Å². The fourth-order valence-electron chi connectivity index (χ4n) is 4.23. The Balaban J connectivity index is 1.59. The highest BCUT2D eigenvalue weighted by molar-refractivity contribution is 5.55. The van der Waals surface area contributed by atoms with Gasteiger partial charge < -0.3 is 0 Å². The second-order valence-electron chi connectivity index (χ2n) is 8.28. The van der Waals surface area contributed by atoms with Crippen LogP contribution < -0.4 is 0 Å². The number of aryl methyl sites for hydroxylation is 2. The van der Waals surface area contributed by atoms with Crippen LogP contribution in [-0.4, -0.2) is 9.97 Å². The first kappa shape index (κ1) is 20.0. The average molecular weight is 365 g/mol. The number of unbranched alkanes of at least 4 members (excludes halogenated alkanes) is 5. The third kappa shape index (κ3) is 5.89. The normalized spacial score (nSPS) is 16.3. The summed E-state index contributed by atoms with van der Waals surface area (Å²) in [5, 5.41) is 0. The molecule has 1 unspecified atom stereocenters. The van der Waals surface area contributed by atoms with Gasteiger partial charge in [-0.3, -0.25) is 0 Å². The Hall–Kier alpha value is -1.70. The van der Waals surface area contributed by atoms with Crippen LogP contribution in [0.4, 0.5) is 0 Å². The first-order valence-electron chi connectivity index (χ1n) is 11.2. The van der Waals surface area contributed by atoms with Gasteiger partial charge in [0, 0.05) is 17.5 Å². The molecule has 1 aromatic heterocycles. The molecule has 0 N–H and O–H groups in total. The topological polar surface area (TPSA) is 25.8 Å². The Bertz CT molecular complexity index is 690. The van der Waals surface area contributed by atoms with Crippen LogP contribution in [0.3, 0.4) is 0 Å². The summed E-state index contributed by atoms with van der Waals surface area (Å²) in [5.74, 6) is 1.74. The van der Waals surface area contributed by atoms with Crippen LogP contribution in [0.1, 0.15) is 88.5 Å². The number of hydrogen-bond donors (Lipinski definition) is 0. The number of rotatable bonds is 10. The Morgan fingerprint density at radius 1 is 0.926 bits per heavy atom. The molecule has 3 rings (SSSR count). The van der Waals surface area contributed by atoms with Crippen molar-refractivity contribution in [3.8, 4) is 11.4 Å². The van der Waals surface area contributed by atoms with E-state index in [1.165, 1.54) is 87.4 Å². The predicted molar refractivity (Wildman–Crippen MR) is 115 cm³/mol. The van der Waals surface area contributed by atoms with Crippen molar-refractivity contribution in [3.63, 3.8) is 0 Å².